The van der Waals surface area contributed by atoms with Crippen LogP contribution in [0.2, 0.25) is 5.02 Å². The van der Waals surface area contributed by atoms with E-state index in [0.717, 1.165) is 10.0 Å². The summed E-state index contributed by atoms with van der Waals surface area (Å²) in [5.41, 5.74) is 8.45. The molecule has 19 heavy (non-hydrogen) atoms. The number of amides is 1. The van der Waals surface area contributed by atoms with Crippen LogP contribution < -0.4 is 11.1 Å². The fourth-order valence-electron chi connectivity index (χ4n) is 1.65. The number of carbonyl (C=O) groups excluding carboxylic acids is 1. The molecule has 0 spiro atoms. The lowest BCUT2D eigenvalue weighted by Crippen LogP contribution is -2.13. The van der Waals surface area contributed by atoms with E-state index in [9.17, 15) is 4.79 Å². The Kier molecular flexibility index (Phi) is 4.12. The molecular formula is C14H12BrClN2O. The summed E-state index contributed by atoms with van der Waals surface area (Å²) < 4.78 is 0.759. The molecule has 0 unspecified atom stereocenters. The minimum absolute atomic E-state index is 0.225. The monoisotopic (exact) mass is 338 g/mol. The largest absolute Gasteiger partial charge is 0.399 e. The van der Waals surface area contributed by atoms with Crippen molar-refractivity contribution in [3.8, 4) is 0 Å². The first-order chi connectivity index (χ1) is 8.95. The number of hydrogen-bond acceptors (Lipinski definition) is 2. The maximum Gasteiger partial charge on any atom is 0.255 e. The molecule has 0 aliphatic carbocycles. The number of rotatable bonds is 2. The van der Waals surface area contributed by atoms with Gasteiger partial charge in [-0.15, -0.1) is 0 Å². The summed E-state index contributed by atoms with van der Waals surface area (Å²) in [5.74, 6) is -0.225. The summed E-state index contributed by atoms with van der Waals surface area (Å²) in [5, 5.41) is 3.33. The normalized spacial score (nSPS) is 10.3. The lowest BCUT2D eigenvalue weighted by Gasteiger charge is -2.09. The van der Waals surface area contributed by atoms with E-state index >= 15 is 0 Å². The number of anilines is 2. The van der Waals surface area contributed by atoms with Gasteiger partial charge in [-0.1, -0.05) is 33.6 Å². The van der Waals surface area contributed by atoms with Crippen LogP contribution in [0.4, 0.5) is 11.4 Å². The molecule has 3 N–H and O–H groups in total. The van der Waals surface area contributed by atoms with Gasteiger partial charge in [0.15, 0.2) is 0 Å². The number of hydrogen-bond donors (Lipinski definition) is 2. The molecule has 0 aliphatic heterocycles. The second kappa shape index (κ2) is 5.63. The number of nitrogens with two attached hydrogens (primary N) is 1. The third kappa shape index (κ3) is 3.49. The molecule has 2 rings (SSSR count). The summed E-state index contributed by atoms with van der Waals surface area (Å²) in [7, 11) is 0. The zero-order valence-corrected chi connectivity index (χ0v) is 12.5. The van der Waals surface area contributed by atoms with E-state index in [1.807, 2.05) is 13.0 Å². The van der Waals surface area contributed by atoms with Gasteiger partial charge in [-0.3, -0.25) is 4.79 Å². The number of benzene rings is 2. The summed E-state index contributed by atoms with van der Waals surface area (Å²) in [6, 6.07) is 10.4. The minimum Gasteiger partial charge on any atom is -0.399 e. The van der Waals surface area contributed by atoms with Crippen LogP contribution in [0.15, 0.2) is 40.9 Å². The molecule has 1 amide bonds. The summed E-state index contributed by atoms with van der Waals surface area (Å²) in [6.07, 6.45) is 0. The van der Waals surface area contributed by atoms with Crippen LogP contribution in [0.1, 0.15) is 15.9 Å². The molecule has 3 nitrogen and oxygen atoms in total. The summed E-state index contributed by atoms with van der Waals surface area (Å²) in [6.45, 7) is 1.91. The highest BCUT2D eigenvalue weighted by Gasteiger charge is 2.09. The average molecular weight is 340 g/mol. The SMILES string of the molecule is Cc1ccc(N)cc1NC(=O)c1cc(Cl)cc(Br)c1. The van der Waals surface area contributed by atoms with Crippen LogP contribution in [0.3, 0.4) is 0 Å². The van der Waals surface area contributed by atoms with Crippen LogP contribution in [-0.2, 0) is 0 Å². The molecule has 0 heterocycles. The van der Waals surface area contributed by atoms with Gasteiger partial charge in [-0.05, 0) is 42.8 Å². The average Bonchev–Trinajstić information content (AvgIpc) is 2.32. The molecule has 2 aromatic rings. The molecule has 5 heteroatoms. The molecule has 0 bridgehead atoms. The van der Waals surface area contributed by atoms with E-state index in [1.165, 1.54) is 0 Å². The predicted octanol–water partition coefficient (Wildman–Crippen LogP) is 4.25. The Labute approximate surface area is 124 Å². The van der Waals surface area contributed by atoms with Crippen molar-refractivity contribution in [2.24, 2.45) is 0 Å². The number of nitrogens with one attached hydrogen (secondary N) is 1. The molecular weight excluding hydrogens is 328 g/mol. The van der Waals surface area contributed by atoms with Crippen molar-refractivity contribution < 1.29 is 4.79 Å². The maximum atomic E-state index is 12.2. The Morgan fingerprint density at radius 3 is 2.68 bits per heavy atom. The fourth-order valence-corrected chi connectivity index (χ4v) is 2.51. The van der Waals surface area contributed by atoms with Crippen LogP contribution >= 0.6 is 27.5 Å². The first-order valence-electron chi connectivity index (χ1n) is 5.59. The third-order valence-corrected chi connectivity index (χ3v) is 3.31. The molecule has 0 radical (unpaired) electrons. The molecule has 0 aliphatic rings. The van der Waals surface area contributed by atoms with E-state index in [2.05, 4.69) is 21.2 Å². The third-order valence-electron chi connectivity index (χ3n) is 2.63. The van der Waals surface area contributed by atoms with Gasteiger partial charge < -0.3 is 11.1 Å². The Morgan fingerprint density at radius 1 is 1.26 bits per heavy atom. The summed E-state index contributed by atoms with van der Waals surface area (Å²) in [4.78, 5) is 12.2. The van der Waals surface area contributed by atoms with Crippen LogP contribution in [0.5, 0.6) is 0 Å². The van der Waals surface area contributed by atoms with Gasteiger partial charge in [-0.25, -0.2) is 0 Å². The Balaban J connectivity index is 2.28. The van der Waals surface area contributed by atoms with E-state index in [0.29, 0.717) is 22.0 Å². The highest BCUT2D eigenvalue weighted by molar-refractivity contribution is 9.10. The van der Waals surface area contributed by atoms with Gasteiger partial charge in [0.05, 0.1) is 0 Å². The zero-order valence-electron chi connectivity index (χ0n) is 10.2. The second-order valence-electron chi connectivity index (χ2n) is 4.19. The Bertz CT molecular complexity index is 623. The van der Waals surface area contributed by atoms with Gasteiger partial charge in [0.1, 0.15) is 0 Å². The van der Waals surface area contributed by atoms with E-state index < -0.39 is 0 Å². The molecule has 0 atom stereocenters. The van der Waals surface area contributed by atoms with Gasteiger partial charge in [0.2, 0.25) is 0 Å². The van der Waals surface area contributed by atoms with E-state index in [4.69, 9.17) is 17.3 Å². The maximum absolute atomic E-state index is 12.2. The van der Waals surface area contributed by atoms with Gasteiger partial charge >= 0.3 is 0 Å². The number of halogens is 2. The fraction of sp³-hybridized carbons (Fsp3) is 0.0714. The quantitative estimate of drug-likeness (QED) is 0.804. The molecule has 0 fully saturated rings. The Hall–Kier alpha value is -1.52. The van der Waals surface area contributed by atoms with Gasteiger partial charge in [0, 0.05) is 26.4 Å². The molecule has 2 aromatic carbocycles. The molecule has 0 saturated heterocycles. The number of aryl methyl sites for hydroxylation is 1. The smallest absolute Gasteiger partial charge is 0.255 e. The zero-order chi connectivity index (χ0) is 14.0. The first kappa shape index (κ1) is 13.9. The first-order valence-corrected chi connectivity index (χ1v) is 6.76. The molecule has 0 saturated carbocycles. The topological polar surface area (TPSA) is 55.1 Å². The number of nitrogen functional groups attached to an aromatic ring is 1. The minimum atomic E-state index is -0.225. The molecule has 98 valence electrons. The van der Waals surface area contributed by atoms with E-state index in [1.54, 1.807) is 30.3 Å². The summed E-state index contributed by atoms with van der Waals surface area (Å²) >= 11 is 9.23. The van der Waals surface area contributed by atoms with E-state index in [-0.39, 0.29) is 5.91 Å². The lowest BCUT2D eigenvalue weighted by molar-refractivity contribution is 0.102. The predicted molar refractivity (Wildman–Crippen MR) is 82.7 cm³/mol. The lowest BCUT2D eigenvalue weighted by atomic mass is 10.1. The van der Waals surface area contributed by atoms with Crippen LogP contribution in [-0.4, -0.2) is 5.91 Å². The second-order valence-corrected chi connectivity index (χ2v) is 5.54. The van der Waals surface area contributed by atoms with Crippen molar-refractivity contribution in [3.63, 3.8) is 0 Å². The van der Waals surface area contributed by atoms with Crippen molar-refractivity contribution in [1.29, 1.82) is 0 Å². The van der Waals surface area contributed by atoms with Crippen LogP contribution in [0, 0.1) is 6.92 Å². The van der Waals surface area contributed by atoms with Crippen LogP contribution in [0.25, 0.3) is 0 Å². The molecule has 0 aromatic heterocycles. The van der Waals surface area contributed by atoms with Crippen molar-refractivity contribution in [2.75, 3.05) is 11.1 Å². The highest BCUT2D eigenvalue weighted by atomic mass is 79.9. The Morgan fingerprint density at radius 2 is 2.00 bits per heavy atom. The van der Waals surface area contributed by atoms with Crippen molar-refractivity contribution in [3.05, 3.63) is 57.0 Å². The van der Waals surface area contributed by atoms with Gasteiger partial charge in [-0.2, -0.15) is 0 Å². The van der Waals surface area contributed by atoms with Crippen molar-refractivity contribution in [2.45, 2.75) is 6.92 Å². The van der Waals surface area contributed by atoms with Crippen molar-refractivity contribution in [1.82, 2.24) is 0 Å². The van der Waals surface area contributed by atoms with Crippen molar-refractivity contribution >= 4 is 44.8 Å². The van der Waals surface area contributed by atoms with Gasteiger partial charge in [0.25, 0.3) is 5.91 Å². The number of carbonyl (C=O) groups is 1. The standard InChI is InChI=1S/C14H12BrClN2O/c1-8-2-3-12(17)7-13(8)18-14(19)9-4-10(15)6-11(16)5-9/h2-7H,17H2,1H3,(H,18,19). The highest BCUT2D eigenvalue weighted by Crippen LogP contribution is 2.22.